The minimum absolute atomic E-state index is 0.0403. The van der Waals surface area contributed by atoms with Crippen molar-refractivity contribution in [2.24, 2.45) is 0 Å². The highest BCUT2D eigenvalue weighted by atomic mass is 35.5. The first-order chi connectivity index (χ1) is 17.0. The van der Waals surface area contributed by atoms with Gasteiger partial charge in [0, 0.05) is 42.0 Å². The van der Waals surface area contributed by atoms with E-state index in [0.717, 1.165) is 35.1 Å². The number of rotatable bonds is 9. The summed E-state index contributed by atoms with van der Waals surface area (Å²) in [7, 11) is 0. The van der Waals surface area contributed by atoms with Crippen molar-refractivity contribution in [1.82, 2.24) is 0 Å². The third-order valence-electron chi connectivity index (χ3n) is 5.97. The van der Waals surface area contributed by atoms with Crippen LogP contribution in [-0.2, 0) is 13.2 Å². The normalized spacial score (nSPS) is 13.6. The first kappa shape index (κ1) is 25.7. The van der Waals surface area contributed by atoms with Gasteiger partial charge in [0.1, 0.15) is 12.4 Å². The monoisotopic (exact) mass is 536 g/mol. The number of benzene rings is 3. The van der Waals surface area contributed by atoms with E-state index in [4.69, 9.17) is 44.3 Å². The Morgan fingerprint density at radius 1 is 0.886 bits per heavy atom. The number of halogens is 4. The predicted octanol–water partition coefficient (Wildman–Crippen LogP) is 8.37. The first-order valence-electron chi connectivity index (χ1n) is 11.8. The van der Waals surface area contributed by atoms with Crippen LogP contribution in [0, 0.1) is 5.82 Å². The molecule has 1 saturated heterocycles. The molecule has 4 nitrogen and oxygen atoms in total. The van der Waals surface area contributed by atoms with Gasteiger partial charge in [-0.2, -0.15) is 0 Å². The van der Waals surface area contributed by atoms with Crippen molar-refractivity contribution in [1.29, 1.82) is 0 Å². The zero-order valence-corrected chi connectivity index (χ0v) is 21.8. The molecule has 3 aromatic carbocycles. The van der Waals surface area contributed by atoms with Gasteiger partial charge >= 0.3 is 0 Å². The maximum atomic E-state index is 14.1. The Morgan fingerprint density at radius 3 is 2.37 bits per heavy atom. The second-order valence-electron chi connectivity index (χ2n) is 8.38. The van der Waals surface area contributed by atoms with Gasteiger partial charge < -0.3 is 19.7 Å². The van der Waals surface area contributed by atoms with Gasteiger partial charge in [-0.15, -0.1) is 0 Å². The summed E-state index contributed by atoms with van der Waals surface area (Å²) in [6.45, 7) is 4.84. The summed E-state index contributed by atoms with van der Waals surface area (Å²) >= 11 is 19.3. The Morgan fingerprint density at radius 2 is 1.66 bits per heavy atom. The quantitative estimate of drug-likeness (QED) is 0.297. The standard InChI is InChI=1S/C27H28Cl3FN2O2/c1-2-34-26-13-18(22(29)15-27(26)35-17-20-21(28)7-6-8-24(20)31)16-32-19-9-10-25(23(30)14-19)33-11-4-3-5-12-33/h6-10,13-15,32H,2-5,11-12,16-17H2,1H3. The van der Waals surface area contributed by atoms with Crippen LogP contribution in [0.2, 0.25) is 15.1 Å². The third kappa shape index (κ3) is 6.46. The average molecular weight is 538 g/mol. The fraction of sp³-hybridized carbons (Fsp3) is 0.333. The van der Waals surface area contributed by atoms with Crippen LogP contribution in [0.5, 0.6) is 11.5 Å². The van der Waals surface area contributed by atoms with E-state index in [2.05, 4.69) is 16.3 Å². The van der Waals surface area contributed by atoms with Gasteiger partial charge in [0.25, 0.3) is 0 Å². The number of hydrogen-bond acceptors (Lipinski definition) is 4. The molecule has 0 saturated carbocycles. The van der Waals surface area contributed by atoms with E-state index in [-0.39, 0.29) is 12.2 Å². The molecular formula is C27H28Cl3FN2O2. The molecule has 0 bridgehead atoms. The van der Waals surface area contributed by atoms with Crippen molar-refractivity contribution in [3.63, 3.8) is 0 Å². The molecular weight excluding hydrogens is 510 g/mol. The second kappa shape index (κ2) is 12.1. The molecule has 1 aliphatic rings. The summed E-state index contributed by atoms with van der Waals surface area (Å²) in [5.74, 6) is 0.529. The van der Waals surface area contributed by atoms with Crippen LogP contribution in [-0.4, -0.2) is 19.7 Å². The van der Waals surface area contributed by atoms with Gasteiger partial charge in [-0.25, -0.2) is 4.39 Å². The molecule has 1 aliphatic heterocycles. The van der Waals surface area contributed by atoms with Crippen molar-refractivity contribution in [3.05, 3.63) is 80.5 Å². The topological polar surface area (TPSA) is 33.7 Å². The van der Waals surface area contributed by atoms with E-state index in [9.17, 15) is 4.39 Å². The number of anilines is 2. The molecule has 1 fully saturated rings. The van der Waals surface area contributed by atoms with Crippen molar-refractivity contribution >= 4 is 46.2 Å². The Hall–Kier alpha value is -2.34. The van der Waals surface area contributed by atoms with E-state index in [1.807, 2.05) is 25.1 Å². The van der Waals surface area contributed by atoms with Gasteiger partial charge in [0.15, 0.2) is 11.5 Å². The average Bonchev–Trinajstić information content (AvgIpc) is 2.85. The Labute approximate surface area is 220 Å². The number of piperidine rings is 1. The SMILES string of the molecule is CCOc1cc(CNc2ccc(N3CCCCC3)c(Cl)c2)c(Cl)cc1OCc1c(F)cccc1Cl. The molecule has 0 unspecified atom stereocenters. The van der Waals surface area contributed by atoms with Gasteiger partial charge in [0.05, 0.1) is 22.3 Å². The predicted molar refractivity (Wildman–Crippen MR) is 143 cm³/mol. The summed E-state index contributed by atoms with van der Waals surface area (Å²) < 4.78 is 25.7. The lowest BCUT2D eigenvalue weighted by Gasteiger charge is -2.29. The lowest BCUT2D eigenvalue weighted by Crippen LogP contribution is -2.29. The van der Waals surface area contributed by atoms with Crippen molar-refractivity contribution < 1.29 is 13.9 Å². The van der Waals surface area contributed by atoms with Crippen molar-refractivity contribution in [2.45, 2.75) is 39.3 Å². The Bertz CT molecular complexity index is 1150. The molecule has 186 valence electrons. The Kier molecular flexibility index (Phi) is 8.88. The largest absolute Gasteiger partial charge is 0.490 e. The first-order valence-corrected chi connectivity index (χ1v) is 12.9. The van der Waals surface area contributed by atoms with Crippen LogP contribution < -0.4 is 19.7 Å². The van der Waals surface area contributed by atoms with E-state index >= 15 is 0 Å². The van der Waals surface area contributed by atoms with Crippen molar-refractivity contribution in [2.75, 3.05) is 29.9 Å². The molecule has 0 aliphatic carbocycles. The highest BCUT2D eigenvalue weighted by Gasteiger charge is 2.16. The van der Waals surface area contributed by atoms with Gasteiger partial charge in [0.2, 0.25) is 0 Å². The zero-order valence-electron chi connectivity index (χ0n) is 19.6. The molecule has 0 spiro atoms. The number of nitrogens with one attached hydrogen (secondary N) is 1. The molecule has 0 amide bonds. The molecule has 1 N–H and O–H groups in total. The van der Waals surface area contributed by atoms with E-state index < -0.39 is 5.82 Å². The van der Waals surface area contributed by atoms with Crippen molar-refractivity contribution in [3.8, 4) is 11.5 Å². The highest BCUT2D eigenvalue weighted by molar-refractivity contribution is 6.33. The van der Waals surface area contributed by atoms with E-state index in [1.165, 1.54) is 25.3 Å². The van der Waals surface area contributed by atoms with E-state index in [0.29, 0.717) is 34.7 Å². The second-order valence-corrected chi connectivity index (χ2v) is 9.60. The number of hydrogen-bond donors (Lipinski definition) is 1. The van der Waals surface area contributed by atoms with Crippen LogP contribution in [0.25, 0.3) is 0 Å². The highest BCUT2D eigenvalue weighted by Crippen LogP contribution is 2.36. The van der Waals surface area contributed by atoms with E-state index in [1.54, 1.807) is 18.2 Å². The number of nitrogens with zero attached hydrogens (tertiary/aromatic N) is 1. The third-order valence-corrected chi connectivity index (χ3v) is 6.98. The fourth-order valence-corrected chi connectivity index (χ4v) is 4.86. The van der Waals surface area contributed by atoms with Gasteiger partial charge in [-0.3, -0.25) is 0 Å². The smallest absolute Gasteiger partial charge is 0.163 e. The van der Waals surface area contributed by atoms with Crippen LogP contribution in [0.15, 0.2) is 48.5 Å². The molecule has 1 heterocycles. The maximum Gasteiger partial charge on any atom is 0.163 e. The summed E-state index contributed by atoms with van der Waals surface area (Å²) in [4.78, 5) is 2.34. The summed E-state index contributed by atoms with van der Waals surface area (Å²) in [5, 5.41) is 4.93. The van der Waals surface area contributed by atoms with Crippen LogP contribution in [0.3, 0.4) is 0 Å². The van der Waals surface area contributed by atoms with Crippen LogP contribution >= 0.6 is 34.8 Å². The molecule has 0 aromatic heterocycles. The van der Waals surface area contributed by atoms with Crippen LogP contribution in [0.1, 0.15) is 37.3 Å². The summed E-state index contributed by atoms with van der Waals surface area (Å²) in [5.41, 5.74) is 3.09. The molecule has 35 heavy (non-hydrogen) atoms. The minimum Gasteiger partial charge on any atom is -0.490 e. The minimum atomic E-state index is -0.424. The summed E-state index contributed by atoms with van der Waals surface area (Å²) in [6, 6.07) is 14.1. The molecule has 0 atom stereocenters. The van der Waals surface area contributed by atoms with Crippen LogP contribution in [0.4, 0.5) is 15.8 Å². The summed E-state index contributed by atoms with van der Waals surface area (Å²) in [6.07, 6.45) is 3.67. The number of ether oxygens (including phenoxy) is 2. The van der Waals surface area contributed by atoms with Gasteiger partial charge in [-0.05, 0) is 68.1 Å². The fourth-order valence-electron chi connectivity index (χ4n) is 4.12. The van der Waals surface area contributed by atoms with Gasteiger partial charge in [-0.1, -0.05) is 40.9 Å². The molecule has 8 heteroatoms. The maximum absolute atomic E-state index is 14.1. The molecule has 4 rings (SSSR count). The lowest BCUT2D eigenvalue weighted by atomic mass is 10.1. The molecule has 0 radical (unpaired) electrons. The lowest BCUT2D eigenvalue weighted by molar-refractivity contribution is 0.265. The molecule has 3 aromatic rings. The zero-order chi connectivity index (χ0) is 24.8. The Balaban J connectivity index is 1.46.